The Balaban J connectivity index is 2.45. The number of likely N-dealkylation sites (N-methyl/N-ethyl adjacent to an activating group) is 1. The van der Waals surface area contributed by atoms with Crippen molar-refractivity contribution in [3.05, 3.63) is 34.2 Å². The van der Waals surface area contributed by atoms with Crippen molar-refractivity contribution in [2.24, 2.45) is 0 Å². The molecule has 0 amide bonds. The van der Waals surface area contributed by atoms with Crippen LogP contribution in [0.4, 0.5) is 0 Å². The molecule has 6 heteroatoms. The van der Waals surface area contributed by atoms with Crippen LogP contribution in [-0.2, 0) is 6.54 Å². The molecule has 0 bridgehead atoms. The molecule has 0 aliphatic rings. The molecule has 0 fully saturated rings. The Hall–Kier alpha value is -2.08. The molecule has 0 spiro atoms. The highest BCUT2D eigenvalue weighted by Gasteiger charge is 2.14. The van der Waals surface area contributed by atoms with Gasteiger partial charge < -0.3 is 15.0 Å². The van der Waals surface area contributed by atoms with Crippen LogP contribution in [0.1, 0.15) is 17.3 Å². The minimum atomic E-state index is -1.04. The molecule has 19 heavy (non-hydrogen) atoms. The lowest BCUT2D eigenvalue weighted by atomic mass is 10.2. The SMILES string of the molecule is CCN(C)CCn1c(=O)[nH]c2c(C(=O)O)cccc21. The van der Waals surface area contributed by atoms with E-state index in [4.69, 9.17) is 5.11 Å². The third-order valence-electron chi connectivity index (χ3n) is 3.29. The van der Waals surface area contributed by atoms with Gasteiger partial charge in [0, 0.05) is 13.1 Å². The summed E-state index contributed by atoms with van der Waals surface area (Å²) in [6.45, 7) is 4.21. The van der Waals surface area contributed by atoms with E-state index in [-0.39, 0.29) is 11.3 Å². The zero-order valence-corrected chi connectivity index (χ0v) is 11.0. The zero-order valence-electron chi connectivity index (χ0n) is 11.0. The number of carbonyl (C=O) groups is 1. The number of imidazole rings is 1. The number of rotatable bonds is 5. The van der Waals surface area contributed by atoms with E-state index in [1.54, 1.807) is 16.7 Å². The lowest BCUT2D eigenvalue weighted by molar-refractivity contribution is 0.0699. The number of carboxylic acid groups (broad SMARTS) is 1. The van der Waals surface area contributed by atoms with Crippen LogP contribution in [0.15, 0.2) is 23.0 Å². The fraction of sp³-hybridized carbons (Fsp3) is 0.385. The number of hydrogen-bond donors (Lipinski definition) is 2. The molecule has 0 unspecified atom stereocenters. The first-order chi connectivity index (χ1) is 9.04. The summed E-state index contributed by atoms with van der Waals surface area (Å²) in [6.07, 6.45) is 0. The minimum Gasteiger partial charge on any atom is -0.478 e. The second-order valence-corrected chi connectivity index (χ2v) is 4.48. The maximum absolute atomic E-state index is 11.9. The lowest BCUT2D eigenvalue weighted by Crippen LogP contribution is -2.27. The maximum atomic E-state index is 11.9. The van der Waals surface area contributed by atoms with Crippen LogP contribution >= 0.6 is 0 Å². The smallest absolute Gasteiger partial charge is 0.337 e. The van der Waals surface area contributed by atoms with Crippen molar-refractivity contribution in [2.75, 3.05) is 20.1 Å². The number of benzene rings is 1. The largest absolute Gasteiger partial charge is 0.478 e. The topological polar surface area (TPSA) is 78.3 Å². The molecular formula is C13H17N3O3. The Morgan fingerprint density at radius 2 is 2.21 bits per heavy atom. The van der Waals surface area contributed by atoms with Crippen LogP contribution in [0.5, 0.6) is 0 Å². The Morgan fingerprint density at radius 3 is 2.84 bits per heavy atom. The van der Waals surface area contributed by atoms with Crippen molar-refractivity contribution in [3.63, 3.8) is 0 Å². The Labute approximate surface area is 110 Å². The molecule has 1 aromatic heterocycles. The van der Waals surface area contributed by atoms with Crippen molar-refractivity contribution >= 4 is 17.0 Å². The van der Waals surface area contributed by atoms with Crippen LogP contribution in [0.3, 0.4) is 0 Å². The van der Waals surface area contributed by atoms with Crippen LogP contribution in [0.25, 0.3) is 11.0 Å². The van der Waals surface area contributed by atoms with E-state index in [1.165, 1.54) is 6.07 Å². The first-order valence-electron chi connectivity index (χ1n) is 6.18. The van der Waals surface area contributed by atoms with Crippen molar-refractivity contribution < 1.29 is 9.90 Å². The van der Waals surface area contributed by atoms with Crippen molar-refractivity contribution in [1.29, 1.82) is 0 Å². The second kappa shape index (κ2) is 5.27. The van der Waals surface area contributed by atoms with Gasteiger partial charge in [-0.15, -0.1) is 0 Å². The summed E-state index contributed by atoms with van der Waals surface area (Å²) < 4.78 is 1.58. The maximum Gasteiger partial charge on any atom is 0.337 e. The molecule has 0 aliphatic heterocycles. The minimum absolute atomic E-state index is 0.122. The van der Waals surface area contributed by atoms with Gasteiger partial charge in [-0.1, -0.05) is 13.0 Å². The van der Waals surface area contributed by atoms with E-state index < -0.39 is 5.97 Å². The van der Waals surface area contributed by atoms with Gasteiger partial charge in [0.05, 0.1) is 16.6 Å². The predicted octanol–water partition coefficient (Wildman–Crippen LogP) is 0.980. The molecule has 1 heterocycles. The Morgan fingerprint density at radius 1 is 1.47 bits per heavy atom. The van der Waals surface area contributed by atoms with Gasteiger partial charge in [0.15, 0.2) is 0 Å². The predicted molar refractivity (Wildman–Crippen MR) is 72.7 cm³/mol. The van der Waals surface area contributed by atoms with Gasteiger partial charge in [-0.2, -0.15) is 0 Å². The van der Waals surface area contributed by atoms with Gasteiger partial charge in [0.2, 0.25) is 0 Å². The first kappa shape index (κ1) is 13.4. The number of nitrogens with one attached hydrogen (secondary N) is 1. The summed E-state index contributed by atoms with van der Waals surface area (Å²) >= 11 is 0. The highest BCUT2D eigenvalue weighted by molar-refractivity contribution is 6.00. The number of aromatic carboxylic acids is 1. The number of H-pyrrole nitrogens is 1. The van der Waals surface area contributed by atoms with Crippen LogP contribution in [0, 0.1) is 0 Å². The summed E-state index contributed by atoms with van der Waals surface area (Å²) in [7, 11) is 1.97. The molecule has 102 valence electrons. The quantitative estimate of drug-likeness (QED) is 0.843. The van der Waals surface area contributed by atoms with Gasteiger partial charge in [0.25, 0.3) is 0 Å². The van der Waals surface area contributed by atoms with E-state index in [0.717, 1.165) is 13.1 Å². The molecular weight excluding hydrogens is 246 g/mol. The fourth-order valence-electron chi connectivity index (χ4n) is 2.01. The fourth-order valence-corrected chi connectivity index (χ4v) is 2.01. The number of nitrogens with zero attached hydrogens (tertiary/aromatic N) is 2. The van der Waals surface area contributed by atoms with E-state index >= 15 is 0 Å². The monoisotopic (exact) mass is 263 g/mol. The van der Waals surface area contributed by atoms with Crippen molar-refractivity contribution in [3.8, 4) is 0 Å². The van der Waals surface area contributed by atoms with Gasteiger partial charge >= 0.3 is 11.7 Å². The van der Waals surface area contributed by atoms with E-state index in [1.807, 2.05) is 14.0 Å². The molecule has 2 rings (SSSR count). The normalized spacial score (nSPS) is 11.3. The third kappa shape index (κ3) is 2.53. The summed E-state index contributed by atoms with van der Waals surface area (Å²) in [5.74, 6) is -1.04. The standard InChI is InChI=1S/C13H17N3O3/c1-3-15(2)7-8-16-10-6-4-5-9(12(17)18)11(10)14-13(16)19/h4-6H,3,7-8H2,1-2H3,(H,14,19)(H,17,18). The summed E-state index contributed by atoms with van der Waals surface area (Å²) in [4.78, 5) is 27.7. The lowest BCUT2D eigenvalue weighted by Gasteiger charge is -2.13. The van der Waals surface area contributed by atoms with Crippen molar-refractivity contribution in [1.82, 2.24) is 14.5 Å². The summed E-state index contributed by atoms with van der Waals surface area (Å²) in [5.41, 5.74) is 0.874. The molecule has 1 aromatic carbocycles. The molecule has 2 aromatic rings. The van der Waals surface area contributed by atoms with Gasteiger partial charge in [-0.25, -0.2) is 9.59 Å². The van der Waals surface area contributed by atoms with Crippen molar-refractivity contribution in [2.45, 2.75) is 13.5 Å². The number of fused-ring (bicyclic) bond motifs is 1. The Kier molecular flexibility index (Phi) is 3.71. The van der Waals surface area contributed by atoms with Crippen LogP contribution < -0.4 is 5.69 Å². The number of carboxylic acids is 1. The highest BCUT2D eigenvalue weighted by atomic mass is 16.4. The number of para-hydroxylation sites is 1. The van der Waals surface area contributed by atoms with Gasteiger partial charge in [0.1, 0.15) is 0 Å². The molecule has 0 saturated carbocycles. The van der Waals surface area contributed by atoms with E-state index in [9.17, 15) is 9.59 Å². The molecule has 2 N–H and O–H groups in total. The number of aromatic nitrogens is 2. The third-order valence-corrected chi connectivity index (χ3v) is 3.29. The molecule has 0 radical (unpaired) electrons. The molecule has 0 aliphatic carbocycles. The first-order valence-corrected chi connectivity index (χ1v) is 6.18. The Bertz CT molecular complexity index is 657. The highest BCUT2D eigenvalue weighted by Crippen LogP contribution is 2.15. The number of hydrogen-bond acceptors (Lipinski definition) is 3. The summed E-state index contributed by atoms with van der Waals surface area (Å²) in [5, 5.41) is 9.10. The molecule has 6 nitrogen and oxygen atoms in total. The zero-order chi connectivity index (χ0) is 14.0. The average molecular weight is 263 g/mol. The molecule has 0 atom stereocenters. The number of aromatic amines is 1. The van der Waals surface area contributed by atoms with Crippen LogP contribution in [-0.4, -0.2) is 45.7 Å². The van der Waals surface area contributed by atoms with Gasteiger partial charge in [-0.05, 0) is 25.7 Å². The van der Waals surface area contributed by atoms with Gasteiger partial charge in [-0.3, -0.25) is 4.57 Å². The summed E-state index contributed by atoms with van der Waals surface area (Å²) in [6, 6.07) is 4.90. The van der Waals surface area contributed by atoms with E-state index in [0.29, 0.717) is 17.6 Å². The van der Waals surface area contributed by atoms with Crippen LogP contribution in [0.2, 0.25) is 0 Å². The second-order valence-electron chi connectivity index (χ2n) is 4.48. The average Bonchev–Trinajstić information content (AvgIpc) is 2.71. The van der Waals surface area contributed by atoms with E-state index in [2.05, 4.69) is 9.88 Å². The molecule has 0 saturated heterocycles.